The predicted molar refractivity (Wildman–Crippen MR) is 57.4 cm³/mol. The van der Waals surface area contributed by atoms with Gasteiger partial charge in [-0.05, 0) is 11.4 Å². The van der Waals surface area contributed by atoms with Gasteiger partial charge in [0.15, 0.2) is 0 Å². The molecule has 2 N–H and O–H groups in total. The van der Waals surface area contributed by atoms with Crippen LogP contribution in [0.2, 0.25) is 0 Å². The number of amides is 1. The van der Waals surface area contributed by atoms with Crippen molar-refractivity contribution in [1.82, 2.24) is 4.90 Å². The fraction of sp³-hybridized carbons (Fsp3) is 0.400. The molecule has 16 heavy (non-hydrogen) atoms. The number of carbonyl (C=O) groups excluding carboxylic acids is 1. The molecule has 1 aromatic rings. The first kappa shape index (κ1) is 11.1. The lowest BCUT2D eigenvalue weighted by atomic mass is 10.2. The summed E-state index contributed by atoms with van der Waals surface area (Å²) in [6.45, 7) is 0.0889. The van der Waals surface area contributed by atoms with Crippen LogP contribution in [0, 0.1) is 0 Å². The summed E-state index contributed by atoms with van der Waals surface area (Å²) in [6.07, 6.45) is -0.644. The molecule has 1 amide bonds. The van der Waals surface area contributed by atoms with E-state index in [1.807, 2.05) is 0 Å². The number of rotatable bonds is 2. The fourth-order valence-corrected chi connectivity index (χ4v) is 2.45. The third-order valence-electron chi connectivity index (χ3n) is 2.59. The van der Waals surface area contributed by atoms with E-state index in [9.17, 15) is 14.7 Å². The average molecular weight is 241 g/mol. The molecule has 2 rings (SSSR count). The molecule has 5 nitrogen and oxygen atoms in total. The van der Waals surface area contributed by atoms with Crippen molar-refractivity contribution in [3.05, 3.63) is 22.4 Å². The van der Waals surface area contributed by atoms with Gasteiger partial charge in [-0.2, -0.15) is 11.3 Å². The van der Waals surface area contributed by atoms with Gasteiger partial charge in [0.05, 0.1) is 11.7 Å². The molecule has 0 spiro atoms. The Morgan fingerprint density at radius 2 is 2.25 bits per heavy atom. The summed E-state index contributed by atoms with van der Waals surface area (Å²) in [5.41, 5.74) is 0.477. The zero-order valence-corrected chi connectivity index (χ0v) is 9.18. The maximum absolute atomic E-state index is 11.9. The summed E-state index contributed by atoms with van der Waals surface area (Å²) < 4.78 is 0. The summed E-state index contributed by atoms with van der Waals surface area (Å²) in [6, 6.07) is 0.735. The van der Waals surface area contributed by atoms with Crippen LogP contribution in [0.5, 0.6) is 0 Å². The Balaban J connectivity index is 2.20. The van der Waals surface area contributed by atoms with Crippen molar-refractivity contribution < 1.29 is 19.8 Å². The zero-order valence-electron chi connectivity index (χ0n) is 8.37. The highest BCUT2D eigenvalue weighted by atomic mass is 32.1. The predicted octanol–water partition coefficient (Wildman–Crippen LogP) is 0.408. The lowest BCUT2D eigenvalue weighted by molar-refractivity contribution is -0.141. The Kier molecular flexibility index (Phi) is 2.93. The van der Waals surface area contributed by atoms with Crippen LogP contribution in [0.3, 0.4) is 0 Å². The van der Waals surface area contributed by atoms with E-state index >= 15 is 0 Å². The summed E-state index contributed by atoms with van der Waals surface area (Å²) in [4.78, 5) is 24.1. The second-order valence-corrected chi connectivity index (χ2v) is 4.49. The average Bonchev–Trinajstić information content (AvgIpc) is 2.84. The molecular weight excluding hydrogens is 230 g/mol. The first-order valence-corrected chi connectivity index (χ1v) is 5.78. The Hall–Kier alpha value is -1.40. The number of β-amino-alcohol motifs (C(OH)–C–C–N with tert-alkyl or cyclic N) is 1. The van der Waals surface area contributed by atoms with Crippen molar-refractivity contribution in [2.75, 3.05) is 6.54 Å². The molecule has 0 bridgehead atoms. The van der Waals surface area contributed by atoms with E-state index in [1.54, 1.807) is 16.8 Å². The number of hydrogen-bond donors (Lipinski definition) is 2. The third-order valence-corrected chi connectivity index (χ3v) is 3.28. The Labute approximate surface area is 95.9 Å². The molecule has 0 aliphatic carbocycles. The summed E-state index contributed by atoms with van der Waals surface area (Å²) in [5.74, 6) is -1.40. The number of likely N-dealkylation sites (tertiary alicyclic amines) is 1. The van der Waals surface area contributed by atoms with E-state index in [0.29, 0.717) is 5.56 Å². The standard InChI is InChI=1S/C10H11NO4S/c12-7-3-8(10(14)15)11(4-7)9(13)6-1-2-16-5-6/h1-2,5,7-8,12H,3-4H2,(H,14,15)/t7-,8-/m1/s1. The SMILES string of the molecule is O=C(O)[C@H]1C[C@@H](O)CN1C(=O)c1ccsc1. The molecular formula is C10H11NO4S. The second-order valence-electron chi connectivity index (χ2n) is 3.71. The molecule has 0 aromatic carbocycles. The number of aliphatic hydroxyl groups is 1. The molecule has 86 valence electrons. The van der Waals surface area contributed by atoms with E-state index < -0.39 is 18.1 Å². The molecule has 1 aliphatic rings. The molecule has 2 atom stereocenters. The van der Waals surface area contributed by atoms with Gasteiger partial charge in [-0.1, -0.05) is 0 Å². The molecule has 1 aromatic heterocycles. The second kappa shape index (κ2) is 4.23. The van der Waals surface area contributed by atoms with Gasteiger partial charge >= 0.3 is 5.97 Å². The van der Waals surface area contributed by atoms with Crippen LogP contribution in [-0.2, 0) is 4.79 Å². The summed E-state index contributed by atoms with van der Waals surface area (Å²) >= 11 is 1.38. The number of hydrogen-bond acceptors (Lipinski definition) is 4. The van der Waals surface area contributed by atoms with Crippen LogP contribution < -0.4 is 0 Å². The minimum Gasteiger partial charge on any atom is -0.480 e. The van der Waals surface area contributed by atoms with E-state index in [0.717, 1.165) is 0 Å². The smallest absolute Gasteiger partial charge is 0.326 e. The Bertz CT molecular complexity index is 403. The van der Waals surface area contributed by atoms with Crippen LogP contribution in [-0.4, -0.2) is 45.7 Å². The highest BCUT2D eigenvalue weighted by Gasteiger charge is 2.39. The van der Waals surface area contributed by atoms with Gasteiger partial charge in [-0.15, -0.1) is 0 Å². The fourth-order valence-electron chi connectivity index (χ4n) is 1.82. The number of thiophene rings is 1. The minimum atomic E-state index is -1.07. The zero-order chi connectivity index (χ0) is 11.7. The van der Waals surface area contributed by atoms with Gasteiger partial charge < -0.3 is 15.1 Å². The van der Waals surface area contributed by atoms with Gasteiger partial charge in [0.25, 0.3) is 5.91 Å². The topological polar surface area (TPSA) is 77.8 Å². The normalized spacial score (nSPS) is 24.7. The monoisotopic (exact) mass is 241 g/mol. The van der Waals surface area contributed by atoms with Crippen molar-refractivity contribution in [2.45, 2.75) is 18.6 Å². The van der Waals surface area contributed by atoms with Gasteiger partial charge in [0.2, 0.25) is 0 Å². The molecule has 1 aliphatic heterocycles. The van der Waals surface area contributed by atoms with Crippen molar-refractivity contribution >= 4 is 23.2 Å². The van der Waals surface area contributed by atoms with E-state index in [1.165, 1.54) is 16.2 Å². The Morgan fingerprint density at radius 3 is 2.81 bits per heavy atom. The van der Waals surface area contributed by atoms with Crippen molar-refractivity contribution in [2.24, 2.45) is 0 Å². The van der Waals surface area contributed by atoms with Crippen molar-refractivity contribution in [1.29, 1.82) is 0 Å². The number of carbonyl (C=O) groups is 2. The summed E-state index contributed by atoms with van der Waals surface area (Å²) in [5, 5.41) is 21.8. The molecule has 0 saturated carbocycles. The van der Waals surface area contributed by atoms with Crippen LogP contribution in [0.4, 0.5) is 0 Å². The number of carboxylic acids is 1. The molecule has 0 unspecified atom stereocenters. The molecule has 2 heterocycles. The molecule has 0 radical (unpaired) electrons. The first-order chi connectivity index (χ1) is 7.59. The third kappa shape index (κ3) is 1.94. The molecule has 1 saturated heterocycles. The van der Waals surface area contributed by atoms with Crippen molar-refractivity contribution in [3.8, 4) is 0 Å². The van der Waals surface area contributed by atoms with Crippen LogP contribution in [0.25, 0.3) is 0 Å². The van der Waals surface area contributed by atoms with Gasteiger partial charge in [-0.3, -0.25) is 4.79 Å². The van der Waals surface area contributed by atoms with Gasteiger partial charge in [-0.25, -0.2) is 4.79 Å². The van der Waals surface area contributed by atoms with Gasteiger partial charge in [0.1, 0.15) is 6.04 Å². The van der Waals surface area contributed by atoms with E-state index in [-0.39, 0.29) is 18.9 Å². The summed E-state index contributed by atoms with van der Waals surface area (Å²) in [7, 11) is 0. The number of aliphatic hydroxyl groups excluding tert-OH is 1. The number of nitrogens with zero attached hydrogens (tertiary/aromatic N) is 1. The number of carboxylic acid groups (broad SMARTS) is 1. The highest BCUT2D eigenvalue weighted by Crippen LogP contribution is 2.21. The van der Waals surface area contributed by atoms with Crippen molar-refractivity contribution in [3.63, 3.8) is 0 Å². The maximum Gasteiger partial charge on any atom is 0.326 e. The maximum atomic E-state index is 11.9. The van der Waals surface area contributed by atoms with Gasteiger partial charge in [0, 0.05) is 18.3 Å². The first-order valence-electron chi connectivity index (χ1n) is 4.83. The Morgan fingerprint density at radius 1 is 1.50 bits per heavy atom. The largest absolute Gasteiger partial charge is 0.480 e. The molecule has 6 heteroatoms. The lowest BCUT2D eigenvalue weighted by Gasteiger charge is -2.20. The van der Waals surface area contributed by atoms with E-state index in [4.69, 9.17) is 5.11 Å². The minimum absolute atomic E-state index is 0.0889. The van der Waals surface area contributed by atoms with Crippen LogP contribution in [0.1, 0.15) is 16.8 Å². The van der Waals surface area contributed by atoms with Crippen LogP contribution >= 0.6 is 11.3 Å². The molecule has 1 fully saturated rings. The quantitative estimate of drug-likeness (QED) is 0.786. The lowest BCUT2D eigenvalue weighted by Crippen LogP contribution is -2.40. The highest BCUT2D eigenvalue weighted by molar-refractivity contribution is 7.08. The van der Waals surface area contributed by atoms with E-state index in [2.05, 4.69) is 0 Å². The van der Waals surface area contributed by atoms with Crippen LogP contribution in [0.15, 0.2) is 16.8 Å². The number of aliphatic carboxylic acids is 1.